The maximum atomic E-state index is 6.18. The van der Waals surface area contributed by atoms with E-state index < -0.39 is 0 Å². The fourth-order valence-electron chi connectivity index (χ4n) is 7.01. The third kappa shape index (κ3) is 4.13. The maximum absolute atomic E-state index is 6.18. The molecule has 9 aromatic rings. The molecule has 0 unspecified atom stereocenters. The Morgan fingerprint density at radius 2 is 1.17 bits per heavy atom. The number of benzene rings is 7. The zero-order valence-electron chi connectivity index (χ0n) is 25.4. The van der Waals surface area contributed by atoms with E-state index >= 15 is 0 Å². The third-order valence-electron chi connectivity index (χ3n) is 9.13. The van der Waals surface area contributed by atoms with E-state index in [2.05, 4.69) is 168 Å². The van der Waals surface area contributed by atoms with Crippen molar-refractivity contribution >= 4 is 60.8 Å². The van der Waals surface area contributed by atoms with Crippen molar-refractivity contribution < 1.29 is 4.42 Å². The normalized spacial score (nSPS) is 11.6. The van der Waals surface area contributed by atoms with E-state index in [0.717, 1.165) is 50.2 Å². The van der Waals surface area contributed by atoms with Crippen LogP contribution in [-0.2, 0) is 0 Å². The zero-order valence-corrected chi connectivity index (χ0v) is 25.4. The Kier molecular flexibility index (Phi) is 6.04. The van der Waals surface area contributed by atoms with Crippen molar-refractivity contribution in [2.24, 2.45) is 0 Å². The van der Waals surface area contributed by atoms with Crippen LogP contribution in [0.2, 0.25) is 0 Å². The molecule has 0 N–H and O–H groups in total. The summed E-state index contributed by atoms with van der Waals surface area (Å²) in [6, 6.07) is 58.4. The summed E-state index contributed by atoms with van der Waals surface area (Å²) in [5.74, 6) is 0. The standard InChI is InChI=1S/C43H30N2O/c1-29-12-5-6-15-34(29)30-22-24-32(25-23-30)44(31-13-3-2-4-14-31)39-19-11-20-40-43(39)36-17-7-9-18-38(36)45(40)33-26-27-42-37(28-33)35-16-8-10-21-41(35)46-42/h2-28H,1H3. The molecule has 0 saturated carbocycles. The molecule has 3 nitrogen and oxygen atoms in total. The SMILES string of the molecule is Cc1ccccc1-c1ccc(N(c2ccccc2)c2cccc3c2c2ccccc2n3-c2ccc3oc4ccccc4c3c2)cc1. The maximum Gasteiger partial charge on any atom is 0.135 e. The van der Waals surface area contributed by atoms with Crippen molar-refractivity contribution in [1.82, 2.24) is 4.57 Å². The van der Waals surface area contributed by atoms with Crippen molar-refractivity contribution in [3.8, 4) is 16.8 Å². The van der Waals surface area contributed by atoms with E-state index in [-0.39, 0.29) is 0 Å². The van der Waals surface area contributed by atoms with E-state index in [0.29, 0.717) is 0 Å². The van der Waals surface area contributed by atoms with Gasteiger partial charge in [0.2, 0.25) is 0 Å². The van der Waals surface area contributed by atoms with E-state index in [4.69, 9.17) is 4.42 Å². The minimum Gasteiger partial charge on any atom is -0.456 e. The van der Waals surface area contributed by atoms with Crippen LogP contribution in [0, 0.1) is 6.92 Å². The fourth-order valence-corrected chi connectivity index (χ4v) is 7.01. The first-order valence-corrected chi connectivity index (χ1v) is 15.7. The van der Waals surface area contributed by atoms with E-state index in [1.807, 2.05) is 12.1 Å². The molecule has 218 valence electrons. The summed E-state index contributed by atoms with van der Waals surface area (Å²) in [6.45, 7) is 2.17. The summed E-state index contributed by atoms with van der Waals surface area (Å²) < 4.78 is 8.56. The number of fused-ring (bicyclic) bond motifs is 6. The Morgan fingerprint density at radius 1 is 0.500 bits per heavy atom. The second-order valence-corrected chi connectivity index (χ2v) is 11.8. The topological polar surface area (TPSA) is 21.3 Å². The zero-order chi connectivity index (χ0) is 30.6. The minimum absolute atomic E-state index is 0.899. The number of hydrogen-bond acceptors (Lipinski definition) is 2. The molecule has 0 fully saturated rings. The average Bonchev–Trinajstić information content (AvgIpc) is 3.65. The number of hydrogen-bond donors (Lipinski definition) is 0. The predicted octanol–water partition coefficient (Wildman–Crippen LogP) is 12.1. The Morgan fingerprint density at radius 3 is 2.02 bits per heavy atom. The quantitative estimate of drug-likeness (QED) is 0.199. The van der Waals surface area contributed by atoms with Gasteiger partial charge in [0, 0.05) is 38.6 Å². The molecular weight excluding hydrogens is 560 g/mol. The number of furan rings is 1. The van der Waals surface area contributed by atoms with Gasteiger partial charge in [0.05, 0.1) is 16.7 Å². The predicted molar refractivity (Wildman–Crippen MR) is 193 cm³/mol. The lowest BCUT2D eigenvalue weighted by Gasteiger charge is -2.26. The van der Waals surface area contributed by atoms with E-state index in [1.54, 1.807) is 0 Å². The molecule has 2 aromatic heterocycles. The van der Waals surface area contributed by atoms with Crippen molar-refractivity contribution in [3.63, 3.8) is 0 Å². The number of rotatable bonds is 5. The molecule has 0 amide bonds. The Balaban J connectivity index is 1.28. The van der Waals surface area contributed by atoms with Crippen LogP contribution in [-0.4, -0.2) is 4.57 Å². The summed E-state index contributed by atoms with van der Waals surface area (Å²) in [6.07, 6.45) is 0. The van der Waals surface area contributed by atoms with Gasteiger partial charge in [-0.2, -0.15) is 0 Å². The van der Waals surface area contributed by atoms with Crippen LogP contribution < -0.4 is 4.90 Å². The van der Waals surface area contributed by atoms with Crippen molar-refractivity contribution in [3.05, 3.63) is 169 Å². The summed E-state index contributed by atoms with van der Waals surface area (Å²) in [5, 5.41) is 4.67. The molecule has 0 saturated heterocycles. The van der Waals surface area contributed by atoms with Gasteiger partial charge in [0.1, 0.15) is 11.2 Å². The largest absolute Gasteiger partial charge is 0.456 e. The molecular formula is C43H30N2O. The average molecular weight is 591 g/mol. The first-order chi connectivity index (χ1) is 22.7. The Hall–Kier alpha value is -6.06. The number of nitrogens with zero attached hydrogens (tertiary/aromatic N) is 2. The molecule has 0 aliphatic carbocycles. The van der Waals surface area contributed by atoms with Gasteiger partial charge in [-0.3, -0.25) is 0 Å². The number of para-hydroxylation sites is 3. The van der Waals surface area contributed by atoms with Crippen LogP contribution in [0.15, 0.2) is 168 Å². The van der Waals surface area contributed by atoms with Gasteiger partial charge in [-0.05, 0) is 90.3 Å². The Labute approximate surface area is 267 Å². The second-order valence-electron chi connectivity index (χ2n) is 11.8. The summed E-state index contributed by atoms with van der Waals surface area (Å²) in [4.78, 5) is 2.38. The lowest BCUT2D eigenvalue weighted by molar-refractivity contribution is 0.669. The van der Waals surface area contributed by atoms with E-state index in [9.17, 15) is 0 Å². The van der Waals surface area contributed by atoms with Gasteiger partial charge in [0.15, 0.2) is 0 Å². The van der Waals surface area contributed by atoms with Crippen LogP contribution in [0.5, 0.6) is 0 Å². The fraction of sp³-hybridized carbons (Fsp3) is 0.0233. The van der Waals surface area contributed by atoms with Crippen LogP contribution >= 0.6 is 0 Å². The highest BCUT2D eigenvalue weighted by Gasteiger charge is 2.21. The molecule has 9 rings (SSSR count). The smallest absolute Gasteiger partial charge is 0.135 e. The first kappa shape index (κ1) is 26.4. The van der Waals surface area contributed by atoms with Gasteiger partial charge >= 0.3 is 0 Å². The molecule has 0 aliphatic heterocycles. The summed E-state index contributed by atoms with van der Waals surface area (Å²) in [5.41, 5.74) is 12.3. The van der Waals surface area contributed by atoms with Gasteiger partial charge in [0.25, 0.3) is 0 Å². The highest BCUT2D eigenvalue weighted by Crippen LogP contribution is 2.44. The minimum atomic E-state index is 0.899. The van der Waals surface area contributed by atoms with Crippen LogP contribution in [0.1, 0.15) is 5.56 Å². The highest BCUT2D eigenvalue weighted by atomic mass is 16.3. The molecule has 46 heavy (non-hydrogen) atoms. The van der Waals surface area contributed by atoms with Crippen molar-refractivity contribution in [2.75, 3.05) is 4.90 Å². The molecule has 0 bridgehead atoms. The van der Waals surface area contributed by atoms with Gasteiger partial charge in [-0.1, -0.05) is 97.1 Å². The first-order valence-electron chi connectivity index (χ1n) is 15.7. The molecule has 3 heteroatoms. The third-order valence-corrected chi connectivity index (χ3v) is 9.13. The molecule has 2 heterocycles. The number of aryl methyl sites for hydroxylation is 1. The van der Waals surface area contributed by atoms with Gasteiger partial charge in [-0.15, -0.1) is 0 Å². The molecule has 0 aliphatic rings. The van der Waals surface area contributed by atoms with E-state index in [1.165, 1.54) is 33.0 Å². The van der Waals surface area contributed by atoms with Gasteiger partial charge < -0.3 is 13.9 Å². The summed E-state index contributed by atoms with van der Waals surface area (Å²) in [7, 11) is 0. The highest BCUT2D eigenvalue weighted by molar-refractivity contribution is 6.17. The lowest BCUT2D eigenvalue weighted by Crippen LogP contribution is -2.10. The van der Waals surface area contributed by atoms with Crippen LogP contribution in [0.25, 0.3) is 60.6 Å². The Bertz CT molecular complexity index is 2540. The number of aromatic nitrogens is 1. The molecule has 7 aromatic carbocycles. The molecule has 0 radical (unpaired) electrons. The van der Waals surface area contributed by atoms with Crippen molar-refractivity contribution in [1.29, 1.82) is 0 Å². The second kappa shape index (κ2) is 10.5. The van der Waals surface area contributed by atoms with Crippen LogP contribution in [0.3, 0.4) is 0 Å². The number of anilines is 3. The summed E-state index contributed by atoms with van der Waals surface area (Å²) >= 11 is 0. The van der Waals surface area contributed by atoms with Gasteiger partial charge in [-0.25, -0.2) is 0 Å². The van der Waals surface area contributed by atoms with Crippen molar-refractivity contribution in [2.45, 2.75) is 6.92 Å². The monoisotopic (exact) mass is 590 g/mol. The van der Waals surface area contributed by atoms with Crippen LogP contribution in [0.4, 0.5) is 17.1 Å². The lowest BCUT2D eigenvalue weighted by atomic mass is 10.00. The molecule has 0 atom stereocenters. The molecule has 0 spiro atoms.